The number of rotatable bonds is 4. The summed E-state index contributed by atoms with van der Waals surface area (Å²) in [5, 5.41) is 2.72. The van der Waals surface area contributed by atoms with Crippen molar-refractivity contribution in [1.82, 2.24) is 4.90 Å². The fraction of sp³-hybridized carbons (Fsp3) is 0.150. The van der Waals surface area contributed by atoms with Crippen LogP contribution in [0.3, 0.4) is 0 Å². The van der Waals surface area contributed by atoms with Crippen LogP contribution in [-0.2, 0) is 4.79 Å². The summed E-state index contributed by atoms with van der Waals surface area (Å²) in [5.41, 5.74) is 2.93. The van der Waals surface area contributed by atoms with Crippen LogP contribution in [0.5, 0.6) is 0 Å². The average Bonchev–Trinajstić information content (AvgIpc) is 2.83. The van der Waals surface area contributed by atoms with Crippen LogP contribution in [0.15, 0.2) is 42.5 Å². The first-order chi connectivity index (χ1) is 12.0. The van der Waals surface area contributed by atoms with E-state index in [4.69, 9.17) is 6.42 Å². The number of aryl methyl sites for hydroxylation is 1. The maximum absolute atomic E-state index is 12.4. The molecule has 1 aliphatic heterocycles. The van der Waals surface area contributed by atoms with E-state index >= 15 is 0 Å². The highest BCUT2D eigenvalue weighted by Crippen LogP contribution is 2.24. The van der Waals surface area contributed by atoms with E-state index in [0.29, 0.717) is 22.4 Å². The molecule has 25 heavy (non-hydrogen) atoms. The number of nitrogens with zero attached hydrogens (tertiary/aromatic N) is 1. The van der Waals surface area contributed by atoms with E-state index in [1.54, 1.807) is 42.5 Å². The number of imide groups is 1. The molecule has 0 unspecified atom stereocenters. The van der Waals surface area contributed by atoms with Crippen molar-refractivity contribution in [1.29, 1.82) is 0 Å². The summed E-state index contributed by atoms with van der Waals surface area (Å²) in [6, 6.07) is 12.1. The second kappa shape index (κ2) is 6.62. The molecule has 1 heterocycles. The minimum atomic E-state index is -0.359. The Morgan fingerprint density at radius 1 is 1.12 bits per heavy atom. The highest BCUT2D eigenvalue weighted by Gasteiger charge is 2.35. The lowest BCUT2D eigenvalue weighted by Crippen LogP contribution is -2.32. The molecule has 0 aromatic heterocycles. The topological polar surface area (TPSA) is 66.5 Å². The van der Waals surface area contributed by atoms with E-state index in [1.165, 1.54) is 0 Å². The largest absolute Gasteiger partial charge is 0.326 e. The van der Waals surface area contributed by atoms with Gasteiger partial charge in [-0.15, -0.1) is 6.42 Å². The molecule has 0 saturated carbocycles. The molecule has 5 heteroatoms. The van der Waals surface area contributed by atoms with Crippen molar-refractivity contribution in [3.8, 4) is 12.3 Å². The maximum Gasteiger partial charge on any atom is 0.261 e. The fourth-order valence-electron chi connectivity index (χ4n) is 2.73. The molecule has 1 aliphatic rings. The highest BCUT2D eigenvalue weighted by atomic mass is 16.2. The summed E-state index contributed by atoms with van der Waals surface area (Å²) < 4.78 is 0. The maximum atomic E-state index is 12.4. The number of fused-ring (bicyclic) bond motifs is 1. The van der Waals surface area contributed by atoms with E-state index in [1.807, 2.05) is 6.92 Å². The Balaban J connectivity index is 1.64. The SMILES string of the molecule is C#Cc1cccc(NC(=O)CCN2C(=O)c3ccc(C)cc3C2=O)c1. The zero-order valence-corrected chi connectivity index (χ0v) is 13.7. The van der Waals surface area contributed by atoms with E-state index in [-0.39, 0.29) is 30.7 Å². The highest BCUT2D eigenvalue weighted by molar-refractivity contribution is 6.21. The van der Waals surface area contributed by atoms with Crippen LogP contribution >= 0.6 is 0 Å². The molecule has 3 amide bonds. The molecule has 0 radical (unpaired) electrons. The third-order valence-electron chi connectivity index (χ3n) is 4.00. The summed E-state index contributed by atoms with van der Waals surface area (Å²) in [4.78, 5) is 37.9. The van der Waals surface area contributed by atoms with Crippen molar-refractivity contribution < 1.29 is 14.4 Å². The minimum Gasteiger partial charge on any atom is -0.326 e. The lowest BCUT2D eigenvalue weighted by Gasteiger charge is -2.13. The van der Waals surface area contributed by atoms with E-state index in [0.717, 1.165) is 10.5 Å². The van der Waals surface area contributed by atoms with Crippen LogP contribution in [-0.4, -0.2) is 29.2 Å². The first-order valence-electron chi connectivity index (χ1n) is 7.83. The summed E-state index contributed by atoms with van der Waals surface area (Å²) in [7, 11) is 0. The fourth-order valence-corrected chi connectivity index (χ4v) is 2.73. The number of hydrogen-bond acceptors (Lipinski definition) is 3. The van der Waals surface area contributed by atoms with Crippen molar-refractivity contribution in [3.05, 3.63) is 64.7 Å². The Hall–Kier alpha value is -3.39. The van der Waals surface area contributed by atoms with E-state index in [9.17, 15) is 14.4 Å². The van der Waals surface area contributed by atoms with Crippen molar-refractivity contribution in [2.75, 3.05) is 11.9 Å². The lowest BCUT2D eigenvalue weighted by molar-refractivity contribution is -0.116. The van der Waals surface area contributed by atoms with Crippen LogP contribution in [0.1, 0.15) is 38.3 Å². The van der Waals surface area contributed by atoms with Gasteiger partial charge in [0.2, 0.25) is 5.91 Å². The zero-order chi connectivity index (χ0) is 18.0. The van der Waals surface area contributed by atoms with E-state index in [2.05, 4.69) is 11.2 Å². The molecule has 0 atom stereocenters. The molecule has 5 nitrogen and oxygen atoms in total. The molecule has 1 N–H and O–H groups in total. The van der Waals surface area contributed by atoms with Crippen molar-refractivity contribution in [2.45, 2.75) is 13.3 Å². The van der Waals surface area contributed by atoms with Crippen LogP contribution in [0, 0.1) is 19.3 Å². The number of carbonyl (C=O) groups is 3. The average molecular weight is 332 g/mol. The van der Waals surface area contributed by atoms with Gasteiger partial charge in [-0.3, -0.25) is 19.3 Å². The quantitative estimate of drug-likeness (QED) is 0.691. The number of carbonyl (C=O) groups excluding carboxylic acids is 3. The molecule has 0 fully saturated rings. The standard InChI is InChI=1S/C20H16N2O3/c1-3-14-5-4-6-15(12-14)21-18(23)9-10-22-19(24)16-8-7-13(2)11-17(16)20(22)25/h1,4-8,11-12H,9-10H2,2H3,(H,21,23). The second-order valence-electron chi connectivity index (χ2n) is 5.83. The molecule has 0 bridgehead atoms. The minimum absolute atomic E-state index is 0.0186. The predicted molar refractivity (Wildman–Crippen MR) is 94.2 cm³/mol. The normalized spacial score (nSPS) is 12.7. The Bertz CT molecular complexity index is 925. The van der Waals surface area contributed by atoms with Gasteiger partial charge in [-0.05, 0) is 37.3 Å². The third-order valence-corrected chi connectivity index (χ3v) is 4.00. The molecule has 2 aromatic rings. The summed E-state index contributed by atoms with van der Waals surface area (Å²) in [6.45, 7) is 1.89. The van der Waals surface area contributed by atoms with Crippen LogP contribution < -0.4 is 5.32 Å². The van der Waals surface area contributed by atoms with Gasteiger partial charge in [0.25, 0.3) is 11.8 Å². The van der Waals surface area contributed by atoms with Gasteiger partial charge < -0.3 is 5.32 Å². The van der Waals surface area contributed by atoms with Gasteiger partial charge in [-0.1, -0.05) is 23.6 Å². The van der Waals surface area contributed by atoms with Crippen molar-refractivity contribution in [3.63, 3.8) is 0 Å². The summed E-state index contributed by atoms with van der Waals surface area (Å²) >= 11 is 0. The molecule has 0 spiro atoms. The van der Waals surface area contributed by atoms with Gasteiger partial charge in [-0.2, -0.15) is 0 Å². The monoisotopic (exact) mass is 332 g/mol. The molecule has 3 rings (SSSR count). The first kappa shape index (κ1) is 16.5. The van der Waals surface area contributed by atoms with Gasteiger partial charge in [0.1, 0.15) is 0 Å². The molecule has 2 aromatic carbocycles. The third kappa shape index (κ3) is 3.29. The summed E-state index contributed by atoms with van der Waals surface area (Å²) in [6.07, 6.45) is 5.35. The molecular weight excluding hydrogens is 316 g/mol. The zero-order valence-electron chi connectivity index (χ0n) is 13.7. The Labute approximate surface area is 145 Å². The molecular formula is C20H16N2O3. The second-order valence-corrected chi connectivity index (χ2v) is 5.83. The van der Waals surface area contributed by atoms with Gasteiger partial charge >= 0.3 is 0 Å². The van der Waals surface area contributed by atoms with Crippen molar-refractivity contribution >= 4 is 23.4 Å². The number of amides is 3. The van der Waals surface area contributed by atoms with Crippen LogP contribution in [0.4, 0.5) is 5.69 Å². The van der Waals surface area contributed by atoms with Crippen LogP contribution in [0.25, 0.3) is 0 Å². The van der Waals surface area contributed by atoms with Gasteiger partial charge in [0.15, 0.2) is 0 Å². The van der Waals surface area contributed by atoms with Gasteiger partial charge in [-0.25, -0.2) is 0 Å². The molecule has 0 aliphatic carbocycles. The summed E-state index contributed by atoms with van der Waals surface area (Å²) in [5.74, 6) is 1.49. The molecule has 124 valence electrons. The smallest absolute Gasteiger partial charge is 0.261 e. The Morgan fingerprint density at radius 3 is 2.64 bits per heavy atom. The molecule has 0 saturated heterocycles. The number of benzene rings is 2. The number of anilines is 1. The number of nitrogens with one attached hydrogen (secondary N) is 1. The van der Waals surface area contributed by atoms with E-state index < -0.39 is 0 Å². The lowest BCUT2D eigenvalue weighted by atomic mass is 10.1. The Kier molecular flexibility index (Phi) is 4.36. The first-order valence-corrected chi connectivity index (χ1v) is 7.83. The predicted octanol–water partition coefficient (Wildman–Crippen LogP) is 2.60. The Morgan fingerprint density at radius 2 is 1.88 bits per heavy atom. The van der Waals surface area contributed by atoms with Crippen molar-refractivity contribution in [2.24, 2.45) is 0 Å². The van der Waals surface area contributed by atoms with Crippen LogP contribution in [0.2, 0.25) is 0 Å². The number of hydrogen-bond donors (Lipinski definition) is 1. The number of terminal acetylenes is 1. The van der Waals surface area contributed by atoms with Gasteiger partial charge in [0.05, 0.1) is 11.1 Å². The van der Waals surface area contributed by atoms with Gasteiger partial charge in [0, 0.05) is 24.2 Å².